The number of carbonyl (C=O) groups is 1. The van der Waals surface area contributed by atoms with Crippen LogP contribution < -0.4 is 21.1 Å². The van der Waals surface area contributed by atoms with Crippen molar-refractivity contribution in [3.63, 3.8) is 0 Å². The number of nitrogens with zero attached hydrogens (tertiary/aromatic N) is 1. The monoisotopic (exact) mass is 348 g/mol. The van der Waals surface area contributed by atoms with Crippen LogP contribution in [0.25, 0.3) is 0 Å². The normalized spacial score (nSPS) is 13.2. The molecule has 0 saturated heterocycles. The molecule has 25 heavy (non-hydrogen) atoms. The smallest absolute Gasteiger partial charge is 0.224 e. The second-order valence-corrected chi connectivity index (χ2v) is 6.83. The number of hydrogen-bond acceptors (Lipinski definition) is 3. The van der Waals surface area contributed by atoms with Crippen molar-refractivity contribution >= 4 is 11.9 Å². The predicted molar refractivity (Wildman–Crippen MR) is 103 cm³/mol. The topological polar surface area (TPSA) is 88.7 Å². The fourth-order valence-corrected chi connectivity index (χ4v) is 2.20. The summed E-state index contributed by atoms with van der Waals surface area (Å²) in [4.78, 5) is 15.9. The number of carbonyl (C=O) groups excluding carboxylic acids is 1. The van der Waals surface area contributed by atoms with Gasteiger partial charge in [-0.25, -0.2) is 0 Å². The summed E-state index contributed by atoms with van der Waals surface area (Å²) in [6.07, 6.45) is 0.968. The van der Waals surface area contributed by atoms with Gasteiger partial charge >= 0.3 is 0 Å². The molecule has 0 fully saturated rings. The van der Waals surface area contributed by atoms with E-state index in [1.54, 1.807) is 21.0 Å². The number of ether oxygens (including phenoxy) is 1. The Morgan fingerprint density at radius 3 is 2.44 bits per heavy atom. The molecule has 0 heterocycles. The van der Waals surface area contributed by atoms with Crippen LogP contribution in [0.2, 0.25) is 0 Å². The Labute approximate surface area is 151 Å². The van der Waals surface area contributed by atoms with E-state index in [4.69, 9.17) is 10.5 Å². The lowest BCUT2D eigenvalue weighted by molar-refractivity contribution is -0.125. The third kappa shape index (κ3) is 7.03. The molecular formula is C19H32N4O2. The Morgan fingerprint density at radius 1 is 1.28 bits per heavy atom. The van der Waals surface area contributed by atoms with Crippen molar-refractivity contribution in [2.24, 2.45) is 16.1 Å². The van der Waals surface area contributed by atoms with Gasteiger partial charge in [-0.3, -0.25) is 9.79 Å². The molecule has 1 aromatic rings. The largest absolute Gasteiger partial charge is 0.497 e. The van der Waals surface area contributed by atoms with Gasteiger partial charge in [-0.15, -0.1) is 0 Å². The fourth-order valence-electron chi connectivity index (χ4n) is 2.20. The molecule has 1 unspecified atom stereocenters. The zero-order valence-corrected chi connectivity index (χ0v) is 16.1. The summed E-state index contributed by atoms with van der Waals surface area (Å²) in [7, 11) is 1.67. The summed E-state index contributed by atoms with van der Waals surface area (Å²) < 4.78 is 5.19. The molecule has 140 valence electrons. The highest BCUT2D eigenvalue weighted by Gasteiger charge is 2.24. The van der Waals surface area contributed by atoms with E-state index in [2.05, 4.69) is 34.7 Å². The van der Waals surface area contributed by atoms with Gasteiger partial charge in [-0.05, 0) is 50.8 Å². The van der Waals surface area contributed by atoms with Crippen LogP contribution in [-0.2, 0) is 4.79 Å². The Morgan fingerprint density at radius 2 is 1.92 bits per heavy atom. The molecule has 0 radical (unpaired) electrons. The van der Waals surface area contributed by atoms with Crippen molar-refractivity contribution in [1.29, 1.82) is 0 Å². The van der Waals surface area contributed by atoms with Gasteiger partial charge in [0, 0.05) is 13.1 Å². The summed E-state index contributed by atoms with van der Waals surface area (Å²) >= 11 is 0. The average molecular weight is 348 g/mol. The highest BCUT2D eigenvalue weighted by Crippen LogP contribution is 2.21. The molecule has 1 rings (SSSR count). The highest BCUT2D eigenvalue weighted by molar-refractivity contribution is 5.82. The number of methoxy groups -OCH3 is 1. The molecule has 1 amide bonds. The second-order valence-electron chi connectivity index (χ2n) is 6.83. The number of guanidine groups is 1. The lowest BCUT2D eigenvalue weighted by atomic mass is 9.93. The van der Waals surface area contributed by atoms with Gasteiger partial charge in [0.25, 0.3) is 0 Å². The lowest BCUT2D eigenvalue weighted by Gasteiger charge is -2.19. The Balaban J connectivity index is 2.54. The molecule has 0 saturated carbocycles. The van der Waals surface area contributed by atoms with Gasteiger partial charge in [0.2, 0.25) is 5.91 Å². The fraction of sp³-hybridized carbons (Fsp3) is 0.579. The van der Waals surface area contributed by atoms with E-state index in [0.29, 0.717) is 18.4 Å². The van der Waals surface area contributed by atoms with Gasteiger partial charge < -0.3 is 21.1 Å². The van der Waals surface area contributed by atoms with Gasteiger partial charge in [0.05, 0.1) is 19.1 Å². The zero-order valence-electron chi connectivity index (χ0n) is 16.1. The van der Waals surface area contributed by atoms with E-state index in [1.165, 1.54) is 5.56 Å². The zero-order chi connectivity index (χ0) is 18.9. The van der Waals surface area contributed by atoms with Gasteiger partial charge in [-0.2, -0.15) is 0 Å². The Kier molecular flexibility index (Phi) is 8.25. The predicted octanol–water partition coefficient (Wildman–Crippen LogP) is 2.26. The number of nitrogens with two attached hydrogens (primary N) is 1. The maximum absolute atomic E-state index is 11.4. The molecular weight excluding hydrogens is 316 g/mol. The first-order chi connectivity index (χ1) is 11.8. The number of rotatable bonds is 9. The van der Waals surface area contributed by atoms with E-state index in [-0.39, 0.29) is 5.91 Å². The molecule has 0 bridgehead atoms. The quantitative estimate of drug-likeness (QED) is 0.472. The SMILES string of the molecule is CCNC(=NCC(C)(C)C(N)=O)NCCC(C)c1ccc(OC)cc1. The molecule has 1 aromatic carbocycles. The number of amides is 1. The summed E-state index contributed by atoms with van der Waals surface area (Å²) in [5, 5.41) is 6.51. The van der Waals surface area contributed by atoms with E-state index in [0.717, 1.165) is 25.3 Å². The van der Waals surface area contributed by atoms with E-state index in [9.17, 15) is 4.79 Å². The maximum Gasteiger partial charge on any atom is 0.224 e. The minimum Gasteiger partial charge on any atom is -0.497 e. The summed E-state index contributed by atoms with van der Waals surface area (Å²) in [6.45, 7) is 9.71. The summed E-state index contributed by atoms with van der Waals surface area (Å²) in [5.41, 5.74) is 6.02. The van der Waals surface area contributed by atoms with Crippen molar-refractivity contribution in [2.75, 3.05) is 26.7 Å². The number of benzene rings is 1. The van der Waals surface area contributed by atoms with Crippen molar-refractivity contribution < 1.29 is 9.53 Å². The van der Waals surface area contributed by atoms with Crippen LogP contribution in [0.5, 0.6) is 5.75 Å². The number of nitrogens with one attached hydrogen (secondary N) is 2. The molecule has 0 aromatic heterocycles. The molecule has 1 atom stereocenters. The van der Waals surface area contributed by atoms with Crippen LogP contribution in [0.15, 0.2) is 29.3 Å². The highest BCUT2D eigenvalue weighted by atomic mass is 16.5. The van der Waals surface area contributed by atoms with Crippen molar-refractivity contribution in [2.45, 2.75) is 40.0 Å². The standard InChI is InChI=1S/C19H32N4O2/c1-6-21-18(23-13-19(3,4)17(20)24)22-12-11-14(2)15-7-9-16(25-5)10-8-15/h7-10,14H,6,11-13H2,1-5H3,(H2,20,24)(H2,21,22,23). The molecule has 0 aliphatic rings. The van der Waals surface area contributed by atoms with E-state index >= 15 is 0 Å². The van der Waals surface area contributed by atoms with Crippen LogP contribution in [0.3, 0.4) is 0 Å². The molecule has 6 nitrogen and oxygen atoms in total. The average Bonchev–Trinajstić information content (AvgIpc) is 2.59. The molecule has 0 spiro atoms. The Bertz CT molecular complexity index is 567. The summed E-state index contributed by atoms with van der Waals surface area (Å²) in [5.74, 6) is 1.65. The molecule has 0 aliphatic heterocycles. The summed E-state index contributed by atoms with van der Waals surface area (Å²) in [6, 6.07) is 8.16. The van der Waals surface area contributed by atoms with Gasteiger partial charge in [0.15, 0.2) is 5.96 Å². The van der Waals surface area contributed by atoms with Crippen LogP contribution >= 0.6 is 0 Å². The van der Waals surface area contributed by atoms with Crippen LogP contribution in [0.1, 0.15) is 45.6 Å². The first-order valence-corrected chi connectivity index (χ1v) is 8.76. The van der Waals surface area contributed by atoms with Gasteiger partial charge in [-0.1, -0.05) is 19.1 Å². The van der Waals surface area contributed by atoms with Crippen molar-refractivity contribution in [3.05, 3.63) is 29.8 Å². The minimum atomic E-state index is -0.654. The number of aliphatic imine (C=N–C) groups is 1. The van der Waals surface area contributed by atoms with Gasteiger partial charge in [0.1, 0.15) is 5.75 Å². The van der Waals surface area contributed by atoms with E-state index in [1.807, 2.05) is 19.1 Å². The number of primary amides is 1. The number of hydrogen-bond donors (Lipinski definition) is 3. The first kappa shape index (κ1) is 20.8. The Hall–Kier alpha value is -2.24. The van der Waals surface area contributed by atoms with Crippen molar-refractivity contribution in [3.8, 4) is 5.75 Å². The van der Waals surface area contributed by atoms with E-state index < -0.39 is 5.41 Å². The van der Waals surface area contributed by atoms with Crippen LogP contribution in [0, 0.1) is 5.41 Å². The maximum atomic E-state index is 11.4. The third-order valence-corrected chi connectivity index (χ3v) is 4.20. The molecule has 6 heteroatoms. The second kappa shape index (κ2) is 9.91. The van der Waals surface area contributed by atoms with Crippen molar-refractivity contribution in [1.82, 2.24) is 10.6 Å². The molecule has 4 N–H and O–H groups in total. The lowest BCUT2D eigenvalue weighted by Crippen LogP contribution is -2.40. The van der Waals surface area contributed by atoms with Crippen LogP contribution in [0.4, 0.5) is 0 Å². The minimum absolute atomic E-state index is 0.347. The third-order valence-electron chi connectivity index (χ3n) is 4.20. The van der Waals surface area contributed by atoms with Crippen LogP contribution in [-0.4, -0.2) is 38.6 Å². The molecule has 0 aliphatic carbocycles. The first-order valence-electron chi connectivity index (χ1n) is 8.76.